The highest BCUT2D eigenvalue weighted by atomic mass is 32.1. The number of hydrogen-bond donors (Lipinski definition) is 2. The Labute approximate surface area is 104 Å². The second-order valence-corrected chi connectivity index (χ2v) is 4.13. The number of hydrogen-bond acceptors (Lipinski definition) is 4. The lowest BCUT2D eigenvalue weighted by Gasteiger charge is -2.22. The van der Waals surface area contributed by atoms with Crippen molar-refractivity contribution in [3.05, 3.63) is 28.5 Å². The molecule has 0 unspecified atom stereocenters. The average Bonchev–Trinajstić information content (AvgIpc) is 2.38. The Kier molecular flexibility index (Phi) is 4.24. The number of amides is 1. The van der Waals surface area contributed by atoms with Crippen LogP contribution in [0.3, 0.4) is 0 Å². The molecule has 1 atom stereocenters. The third-order valence-corrected chi connectivity index (χ3v) is 2.86. The molecule has 0 spiro atoms. The van der Waals surface area contributed by atoms with Crippen LogP contribution in [0.5, 0.6) is 0 Å². The van der Waals surface area contributed by atoms with Crippen LogP contribution in [0.15, 0.2) is 18.3 Å². The molecule has 0 saturated carbocycles. The van der Waals surface area contributed by atoms with E-state index in [-0.39, 0.29) is 12.0 Å². The molecule has 2 rings (SSSR count). The zero-order valence-electron chi connectivity index (χ0n) is 9.27. The van der Waals surface area contributed by atoms with Gasteiger partial charge in [-0.05, 0) is 18.6 Å². The smallest absolute Gasteiger partial charge is 0.254 e. The summed E-state index contributed by atoms with van der Waals surface area (Å²) in [6.07, 6.45) is 2.51. The summed E-state index contributed by atoms with van der Waals surface area (Å²) in [5, 5.41) is 2.80. The third-order valence-electron chi connectivity index (χ3n) is 2.52. The second-order valence-electron chi connectivity index (χ2n) is 3.73. The number of aromatic nitrogens is 1. The van der Waals surface area contributed by atoms with Crippen molar-refractivity contribution in [2.45, 2.75) is 12.5 Å². The van der Waals surface area contributed by atoms with E-state index in [1.165, 1.54) is 0 Å². The van der Waals surface area contributed by atoms with E-state index in [0.29, 0.717) is 30.1 Å². The first-order valence-corrected chi connectivity index (χ1v) is 5.83. The average molecular weight is 254 g/mol. The van der Waals surface area contributed by atoms with Gasteiger partial charge in [0, 0.05) is 12.7 Å². The standard InChI is InChI=1S/C11H14N2O3S/c14-10(9-2-1-4-12-11(9)17)13-6-8-3-5-15-7-16-8/h1-2,4,8H,3,5-7H2,(H,12,17)(H,13,14)/t8-/m1/s1. The first-order valence-electron chi connectivity index (χ1n) is 5.42. The van der Waals surface area contributed by atoms with Gasteiger partial charge in [-0.1, -0.05) is 12.2 Å². The van der Waals surface area contributed by atoms with E-state index in [0.717, 1.165) is 6.42 Å². The summed E-state index contributed by atoms with van der Waals surface area (Å²) in [7, 11) is 0. The second kappa shape index (κ2) is 5.90. The van der Waals surface area contributed by atoms with Gasteiger partial charge < -0.3 is 19.8 Å². The van der Waals surface area contributed by atoms with Gasteiger partial charge in [0.05, 0.1) is 18.3 Å². The van der Waals surface area contributed by atoms with E-state index >= 15 is 0 Å². The minimum atomic E-state index is -0.179. The molecule has 1 amide bonds. The predicted octanol–water partition coefficient (Wildman–Crippen LogP) is 1.24. The first-order chi connectivity index (χ1) is 8.27. The van der Waals surface area contributed by atoms with Crippen molar-refractivity contribution in [2.24, 2.45) is 0 Å². The minimum absolute atomic E-state index is 0.0222. The molecule has 2 heterocycles. The molecule has 0 aromatic carbocycles. The molecule has 6 heteroatoms. The highest BCUT2D eigenvalue weighted by Gasteiger charge is 2.15. The number of pyridine rings is 1. The summed E-state index contributed by atoms with van der Waals surface area (Å²) in [5.41, 5.74) is 0.481. The summed E-state index contributed by atoms with van der Waals surface area (Å²) < 4.78 is 10.8. The van der Waals surface area contributed by atoms with E-state index in [4.69, 9.17) is 21.7 Å². The number of carbonyl (C=O) groups excluding carboxylic acids is 1. The van der Waals surface area contributed by atoms with Crippen molar-refractivity contribution >= 4 is 18.1 Å². The molecule has 17 heavy (non-hydrogen) atoms. The minimum Gasteiger partial charge on any atom is -0.355 e. The van der Waals surface area contributed by atoms with E-state index < -0.39 is 0 Å². The van der Waals surface area contributed by atoms with Gasteiger partial charge in [0.1, 0.15) is 11.4 Å². The Morgan fingerprint density at radius 1 is 1.65 bits per heavy atom. The molecule has 2 N–H and O–H groups in total. The lowest BCUT2D eigenvalue weighted by Crippen LogP contribution is -2.37. The molecule has 0 aliphatic carbocycles. The van der Waals surface area contributed by atoms with Crippen LogP contribution < -0.4 is 5.32 Å². The Balaban J connectivity index is 1.89. The normalized spacial score (nSPS) is 19.9. The number of H-pyrrole nitrogens is 1. The zero-order valence-corrected chi connectivity index (χ0v) is 10.1. The lowest BCUT2D eigenvalue weighted by atomic mass is 10.2. The quantitative estimate of drug-likeness (QED) is 0.797. The van der Waals surface area contributed by atoms with Crippen molar-refractivity contribution in [3.8, 4) is 0 Å². The molecule has 5 nitrogen and oxygen atoms in total. The van der Waals surface area contributed by atoms with Gasteiger partial charge in [-0.15, -0.1) is 0 Å². The highest BCUT2D eigenvalue weighted by Crippen LogP contribution is 2.05. The molecular formula is C11H14N2O3S. The maximum atomic E-state index is 11.8. The predicted molar refractivity (Wildman–Crippen MR) is 64.3 cm³/mol. The number of carbonyl (C=O) groups is 1. The van der Waals surface area contributed by atoms with Gasteiger partial charge in [-0.25, -0.2) is 0 Å². The molecule has 0 radical (unpaired) electrons. The van der Waals surface area contributed by atoms with Gasteiger partial charge in [0.2, 0.25) is 0 Å². The fraction of sp³-hybridized carbons (Fsp3) is 0.455. The maximum absolute atomic E-state index is 11.8. The Morgan fingerprint density at radius 2 is 2.53 bits per heavy atom. The van der Waals surface area contributed by atoms with Crippen molar-refractivity contribution in [2.75, 3.05) is 19.9 Å². The maximum Gasteiger partial charge on any atom is 0.254 e. The molecule has 1 aliphatic heterocycles. The van der Waals surface area contributed by atoms with Crippen LogP contribution in [0.1, 0.15) is 16.8 Å². The molecule has 1 saturated heterocycles. The van der Waals surface area contributed by atoms with Gasteiger partial charge in [-0.2, -0.15) is 0 Å². The lowest BCUT2D eigenvalue weighted by molar-refractivity contribution is -0.136. The Hall–Kier alpha value is -1.24. The summed E-state index contributed by atoms with van der Waals surface area (Å²) in [6.45, 7) is 1.45. The fourth-order valence-electron chi connectivity index (χ4n) is 1.56. The summed E-state index contributed by atoms with van der Waals surface area (Å²) in [5.74, 6) is -0.179. The molecule has 0 bridgehead atoms. The van der Waals surface area contributed by atoms with Crippen LogP contribution in [0.25, 0.3) is 0 Å². The van der Waals surface area contributed by atoms with Crippen LogP contribution in [0, 0.1) is 4.64 Å². The van der Waals surface area contributed by atoms with E-state index in [9.17, 15) is 4.79 Å². The fourth-order valence-corrected chi connectivity index (χ4v) is 1.79. The largest absolute Gasteiger partial charge is 0.355 e. The van der Waals surface area contributed by atoms with Gasteiger partial charge in [0.15, 0.2) is 0 Å². The van der Waals surface area contributed by atoms with Gasteiger partial charge >= 0.3 is 0 Å². The molecule has 1 aliphatic rings. The van der Waals surface area contributed by atoms with Crippen molar-refractivity contribution in [3.63, 3.8) is 0 Å². The van der Waals surface area contributed by atoms with Gasteiger partial charge in [0.25, 0.3) is 5.91 Å². The van der Waals surface area contributed by atoms with Gasteiger partial charge in [-0.3, -0.25) is 4.79 Å². The third kappa shape index (κ3) is 3.36. The summed E-state index contributed by atoms with van der Waals surface area (Å²) in [4.78, 5) is 14.6. The van der Waals surface area contributed by atoms with E-state index in [1.54, 1.807) is 18.3 Å². The van der Waals surface area contributed by atoms with Crippen LogP contribution in [0.2, 0.25) is 0 Å². The zero-order chi connectivity index (χ0) is 12.1. The summed E-state index contributed by atoms with van der Waals surface area (Å²) in [6, 6.07) is 3.44. The van der Waals surface area contributed by atoms with Crippen LogP contribution in [-0.4, -0.2) is 36.9 Å². The number of aromatic amines is 1. The van der Waals surface area contributed by atoms with E-state index in [1.807, 2.05) is 0 Å². The number of rotatable bonds is 3. The summed E-state index contributed by atoms with van der Waals surface area (Å²) >= 11 is 5.03. The monoisotopic (exact) mass is 254 g/mol. The van der Waals surface area contributed by atoms with E-state index in [2.05, 4.69) is 10.3 Å². The van der Waals surface area contributed by atoms with Crippen molar-refractivity contribution < 1.29 is 14.3 Å². The Morgan fingerprint density at radius 3 is 3.24 bits per heavy atom. The van der Waals surface area contributed by atoms with Crippen molar-refractivity contribution in [1.82, 2.24) is 10.3 Å². The molecule has 92 valence electrons. The number of nitrogens with one attached hydrogen (secondary N) is 2. The van der Waals surface area contributed by atoms with Crippen molar-refractivity contribution in [1.29, 1.82) is 0 Å². The highest BCUT2D eigenvalue weighted by molar-refractivity contribution is 7.71. The number of ether oxygens (including phenoxy) is 2. The van der Waals surface area contributed by atoms with Crippen LogP contribution in [0.4, 0.5) is 0 Å². The Bertz CT molecular complexity index is 440. The molecule has 1 aromatic heterocycles. The first kappa shape index (κ1) is 12.2. The SMILES string of the molecule is O=C(NC[C@H]1CCOCO1)c1ccc[nH]c1=S. The van der Waals surface area contributed by atoms with Crippen LogP contribution in [-0.2, 0) is 9.47 Å². The topological polar surface area (TPSA) is 63.4 Å². The van der Waals surface area contributed by atoms with Crippen LogP contribution >= 0.6 is 12.2 Å². The molecule has 1 fully saturated rings. The molecule has 1 aromatic rings. The molecular weight excluding hydrogens is 240 g/mol.